The van der Waals surface area contributed by atoms with Crippen LogP contribution >= 0.6 is 23.2 Å². The summed E-state index contributed by atoms with van der Waals surface area (Å²) in [5.74, 6) is 0. The van der Waals surface area contributed by atoms with E-state index in [-0.39, 0.29) is 6.04 Å². The highest BCUT2D eigenvalue weighted by Gasteiger charge is 2.40. The minimum atomic E-state index is 0.0829. The summed E-state index contributed by atoms with van der Waals surface area (Å²) in [7, 11) is 0. The number of benzene rings is 3. The van der Waals surface area contributed by atoms with Crippen LogP contribution < -0.4 is 4.90 Å². The van der Waals surface area contributed by atoms with Crippen molar-refractivity contribution in [2.75, 3.05) is 18.0 Å². The Hall–Kier alpha value is -2.42. The molecule has 4 rings (SSSR count). The number of hydrogen-bond donors (Lipinski definition) is 0. The Morgan fingerprint density at radius 1 is 0.967 bits per heavy atom. The van der Waals surface area contributed by atoms with Crippen LogP contribution in [0.4, 0.5) is 5.69 Å². The average molecular weight is 437 g/mol. The van der Waals surface area contributed by atoms with Crippen molar-refractivity contribution < 1.29 is 0 Å². The topological polar surface area (TPSA) is 6.48 Å². The van der Waals surface area contributed by atoms with Gasteiger partial charge in [-0.2, -0.15) is 0 Å². The summed E-state index contributed by atoms with van der Waals surface area (Å²) in [5.41, 5.74) is 6.04. The van der Waals surface area contributed by atoms with Gasteiger partial charge in [-0.1, -0.05) is 66.2 Å². The molecule has 0 bridgehead atoms. The first kappa shape index (κ1) is 20.8. The van der Waals surface area contributed by atoms with E-state index in [2.05, 4.69) is 78.8 Å². The summed E-state index contributed by atoms with van der Waals surface area (Å²) in [6.07, 6.45) is 0. The van der Waals surface area contributed by atoms with Crippen LogP contribution in [0.25, 0.3) is 0 Å². The van der Waals surface area contributed by atoms with Gasteiger partial charge in [0.1, 0.15) is 0 Å². The minimum Gasteiger partial charge on any atom is -0.361 e. The Labute approximate surface area is 189 Å². The van der Waals surface area contributed by atoms with Crippen molar-refractivity contribution in [2.45, 2.75) is 25.9 Å². The van der Waals surface area contributed by atoms with Crippen LogP contribution in [0.3, 0.4) is 0 Å². The summed E-state index contributed by atoms with van der Waals surface area (Å²) in [5, 5.41) is 1.48. The summed E-state index contributed by atoms with van der Waals surface area (Å²) in [6.45, 7) is 10.7. The van der Waals surface area contributed by atoms with E-state index in [9.17, 15) is 0 Å². The maximum absolute atomic E-state index is 6.15. The van der Waals surface area contributed by atoms with Crippen molar-refractivity contribution in [2.24, 2.45) is 0 Å². The van der Waals surface area contributed by atoms with E-state index in [1.54, 1.807) is 0 Å². The van der Waals surface area contributed by atoms with Gasteiger partial charge in [0.15, 0.2) is 0 Å². The van der Waals surface area contributed by atoms with E-state index in [0.717, 1.165) is 28.8 Å². The van der Waals surface area contributed by atoms with E-state index >= 15 is 0 Å². The second kappa shape index (κ2) is 8.75. The highest BCUT2D eigenvalue weighted by atomic mass is 35.5. The first-order valence-corrected chi connectivity index (χ1v) is 11.0. The van der Waals surface area contributed by atoms with Gasteiger partial charge in [0.2, 0.25) is 0 Å². The fourth-order valence-corrected chi connectivity index (χ4v) is 4.52. The van der Waals surface area contributed by atoms with Gasteiger partial charge in [-0.15, -0.1) is 0 Å². The molecule has 0 aromatic heterocycles. The predicted molar refractivity (Wildman–Crippen MR) is 129 cm³/mol. The van der Waals surface area contributed by atoms with Crippen LogP contribution in [0.2, 0.25) is 10.0 Å². The Kier molecular flexibility index (Phi) is 6.08. The van der Waals surface area contributed by atoms with Gasteiger partial charge in [0.25, 0.3) is 0 Å². The first-order valence-electron chi connectivity index (χ1n) is 10.3. The van der Waals surface area contributed by atoms with Gasteiger partial charge in [-0.05, 0) is 66.9 Å². The van der Waals surface area contributed by atoms with E-state index in [1.165, 1.54) is 22.4 Å². The molecule has 1 aliphatic heterocycles. The first-order chi connectivity index (χ1) is 14.5. The maximum Gasteiger partial charge on any atom is 0.0859 e. The molecule has 154 valence electrons. The summed E-state index contributed by atoms with van der Waals surface area (Å²) < 4.78 is 0. The van der Waals surface area contributed by atoms with Gasteiger partial charge in [-0.3, -0.25) is 0 Å². The molecule has 3 aromatic carbocycles. The largest absolute Gasteiger partial charge is 0.361 e. The SMILES string of the molecule is C=C1C(N(CC)c2cccc(C)c2)CN1C(c1ccc(Cl)cc1)c1ccc(Cl)cc1. The number of hydrogen-bond acceptors (Lipinski definition) is 2. The third kappa shape index (κ3) is 4.08. The van der Waals surface area contributed by atoms with Gasteiger partial charge >= 0.3 is 0 Å². The van der Waals surface area contributed by atoms with Crippen LogP contribution in [0.5, 0.6) is 0 Å². The van der Waals surface area contributed by atoms with Crippen molar-refractivity contribution in [3.05, 3.63) is 112 Å². The molecule has 0 spiro atoms. The highest BCUT2D eigenvalue weighted by molar-refractivity contribution is 6.30. The van der Waals surface area contributed by atoms with E-state index in [4.69, 9.17) is 23.2 Å². The summed E-state index contributed by atoms with van der Waals surface area (Å²) >= 11 is 12.3. The fraction of sp³-hybridized carbons (Fsp3) is 0.231. The van der Waals surface area contributed by atoms with Crippen molar-refractivity contribution in [1.82, 2.24) is 4.90 Å². The van der Waals surface area contributed by atoms with E-state index < -0.39 is 0 Å². The lowest BCUT2D eigenvalue weighted by Crippen LogP contribution is -2.58. The van der Waals surface area contributed by atoms with E-state index in [1.807, 2.05) is 24.3 Å². The number of nitrogens with zero attached hydrogens (tertiary/aromatic N) is 2. The standard InChI is InChI=1S/C26H26Cl2N2/c1-4-29(24-7-5-6-18(2)16-24)25-17-30(19(25)3)26(20-8-12-22(27)13-9-20)21-10-14-23(28)15-11-21/h5-16,25-26H,3-4,17H2,1-2H3. The molecular formula is C26H26Cl2N2. The molecule has 1 unspecified atom stereocenters. The lowest BCUT2D eigenvalue weighted by Gasteiger charge is -2.52. The molecule has 0 N–H and O–H groups in total. The second-order valence-electron chi connectivity index (χ2n) is 7.79. The smallest absolute Gasteiger partial charge is 0.0859 e. The molecule has 0 aliphatic carbocycles. The molecular weight excluding hydrogens is 411 g/mol. The Balaban J connectivity index is 1.63. The summed E-state index contributed by atoms with van der Waals surface area (Å²) in [4.78, 5) is 4.82. The Morgan fingerprint density at radius 2 is 1.53 bits per heavy atom. The number of halogens is 2. The van der Waals surface area contributed by atoms with Gasteiger partial charge in [0.05, 0.1) is 12.1 Å². The quantitative estimate of drug-likeness (QED) is 0.405. The third-order valence-corrected chi connectivity index (χ3v) is 6.36. The molecule has 1 atom stereocenters. The Bertz CT molecular complexity index is 982. The van der Waals surface area contributed by atoms with Crippen LogP contribution in [-0.2, 0) is 0 Å². The Morgan fingerprint density at radius 3 is 2.00 bits per heavy atom. The zero-order chi connectivity index (χ0) is 21.3. The zero-order valence-electron chi connectivity index (χ0n) is 17.4. The molecule has 1 saturated heterocycles. The number of anilines is 1. The monoisotopic (exact) mass is 436 g/mol. The fourth-order valence-electron chi connectivity index (χ4n) is 4.27. The lowest BCUT2D eigenvalue weighted by atomic mass is 9.90. The molecule has 0 amide bonds. The normalized spacial score (nSPS) is 16.0. The van der Waals surface area contributed by atoms with Crippen molar-refractivity contribution in [3.8, 4) is 0 Å². The molecule has 1 aliphatic rings. The van der Waals surface area contributed by atoms with Crippen molar-refractivity contribution >= 4 is 28.9 Å². The molecule has 3 aromatic rings. The minimum absolute atomic E-state index is 0.0829. The number of likely N-dealkylation sites (N-methyl/N-ethyl adjacent to an activating group) is 1. The number of likely N-dealkylation sites (tertiary alicyclic amines) is 1. The van der Waals surface area contributed by atoms with Crippen molar-refractivity contribution in [3.63, 3.8) is 0 Å². The molecule has 30 heavy (non-hydrogen) atoms. The molecule has 4 heteroatoms. The van der Waals surface area contributed by atoms with Crippen LogP contribution in [-0.4, -0.2) is 24.0 Å². The van der Waals surface area contributed by atoms with Gasteiger partial charge in [0, 0.05) is 34.5 Å². The van der Waals surface area contributed by atoms with Crippen LogP contribution in [0, 0.1) is 6.92 Å². The van der Waals surface area contributed by atoms with Gasteiger partial charge in [-0.25, -0.2) is 0 Å². The van der Waals surface area contributed by atoms with Crippen LogP contribution in [0.1, 0.15) is 29.7 Å². The molecule has 2 nitrogen and oxygen atoms in total. The zero-order valence-corrected chi connectivity index (χ0v) is 18.9. The van der Waals surface area contributed by atoms with E-state index in [0.29, 0.717) is 6.04 Å². The lowest BCUT2D eigenvalue weighted by molar-refractivity contribution is 0.179. The molecule has 1 fully saturated rings. The number of aryl methyl sites for hydroxylation is 1. The average Bonchev–Trinajstić information content (AvgIpc) is 2.75. The third-order valence-electron chi connectivity index (χ3n) is 5.86. The molecule has 0 saturated carbocycles. The summed E-state index contributed by atoms with van der Waals surface area (Å²) in [6, 6.07) is 25.2. The maximum atomic E-state index is 6.15. The van der Waals surface area contributed by atoms with Crippen LogP contribution in [0.15, 0.2) is 85.1 Å². The second-order valence-corrected chi connectivity index (χ2v) is 8.66. The predicted octanol–water partition coefficient (Wildman–Crippen LogP) is 7.12. The molecule has 1 heterocycles. The van der Waals surface area contributed by atoms with Gasteiger partial charge < -0.3 is 9.80 Å². The highest BCUT2D eigenvalue weighted by Crippen LogP contribution is 2.40. The van der Waals surface area contributed by atoms with Crippen molar-refractivity contribution in [1.29, 1.82) is 0 Å². The number of rotatable bonds is 6. The molecule has 0 radical (unpaired) electrons.